The molecule has 1 amide bonds. The van der Waals surface area contributed by atoms with Gasteiger partial charge in [0.25, 0.3) is 11.5 Å². The van der Waals surface area contributed by atoms with E-state index in [1.54, 1.807) is 15.5 Å². The van der Waals surface area contributed by atoms with Crippen LogP contribution >= 0.6 is 0 Å². The van der Waals surface area contributed by atoms with Gasteiger partial charge in [-0.05, 0) is 42.2 Å². The van der Waals surface area contributed by atoms with Crippen LogP contribution in [0.15, 0.2) is 59.9 Å². The van der Waals surface area contributed by atoms with Gasteiger partial charge >= 0.3 is 6.36 Å². The van der Waals surface area contributed by atoms with Gasteiger partial charge in [-0.25, -0.2) is 9.97 Å². The van der Waals surface area contributed by atoms with Crippen molar-refractivity contribution in [1.82, 2.24) is 19.4 Å². The van der Waals surface area contributed by atoms with Crippen molar-refractivity contribution in [3.63, 3.8) is 0 Å². The number of pyridine rings is 1. The lowest BCUT2D eigenvalue weighted by Gasteiger charge is -2.42. The third-order valence-electron chi connectivity index (χ3n) is 6.10. The second kappa shape index (κ2) is 8.02. The van der Waals surface area contributed by atoms with Crippen LogP contribution < -0.4 is 10.3 Å². The molecular formula is C23H19F3N4O3. The third-order valence-corrected chi connectivity index (χ3v) is 6.10. The summed E-state index contributed by atoms with van der Waals surface area (Å²) in [6.45, 7) is 1.50. The van der Waals surface area contributed by atoms with E-state index in [1.807, 2.05) is 6.07 Å². The maximum absolute atomic E-state index is 13.3. The fraction of sp³-hybridized carbons (Fsp3) is 0.304. The highest BCUT2D eigenvalue weighted by Crippen LogP contribution is 2.36. The van der Waals surface area contributed by atoms with Crippen molar-refractivity contribution >= 4 is 5.91 Å². The summed E-state index contributed by atoms with van der Waals surface area (Å²) in [7, 11) is 0. The Balaban J connectivity index is 1.40. The first-order valence-electron chi connectivity index (χ1n) is 10.4. The number of nitrogens with zero attached hydrogens (tertiary/aromatic N) is 4. The van der Waals surface area contributed by atoms with E-state index in [0.717, 1.165) is 12.1 Å². The van der Waals surface area contributed by atoms with Gasteiger partial charge in [0.2, 0.25) is 0 Å². The number of carbonyl (C=O) groups excluding carboxylic acids is 1. The van der Waals surface area contributed by atoms with Gasteiger partial charge in [-0.1, -0.05) is 12.1 Å². The zero-order valence-corrected chi connectivity index (χ0v) is 17.3. The van der Waals surface area contributed by atoms with E-state index in [9.17, 15) is 22.8 Å². The van der Waals surface area contributed by atoms with Gasteiger partial charge in [0.15, 0.2) is 0 Å². The lowest BCUT2D eigenvalue weighted by molar-refractivity contribution is -0.274. The highest BCUT2D eigenvalue weighted by molar-refractivity contribution is 5.93. The Morgan fingerprint density at radius 3 is 2.42 bits per heavy atom. The smallest absolute Gasteiger partial charge is 0.406 e. The van der Waals surface area contributed by atoms with Crippen LogP contribution in [0.2, 0.25) is 0 Å². The van der Waals surface area contributed by atoms with E-state index in [0.29, 0.717) is 36.3 Å². The van der Waals surface area contributed by atoms with Crippen molar-refractivity contribution in [3.8, 4) is 16.9 Å². The quantitative estimate of drug-likeness (QED) is 0.603. The van der Waals surface area contributed by atoms with Crippen LogP contribution in [0, 0.1) is 5.92 Å². The molecule has 5 rings (SSSR count). The predicted octanol–water partition coefficient (Wildman–Crippen LogP) is 3.46. The average molecular weight is 456 g/mol. The zero-order chi connectivity index (χ0) is 23.2. The fourth-order valence-corrected chi connectivity index (χ4v) is 4.76. The molecule has 10 heteroatoms. The van der Waals surface area contributed by atoms with Crippen molar-refractivity contribution < 1.29 is 22.7 Å². The van der Waals surface area contributed by atoms with Crippen LogP contribution in [0.5, 0.6) is 5.75 Å². The SMILES string of the molecule is O=C(c1cncnc1)N1CC2CC(C1)c1ccc(-c3ccc(OC(F)(F)F)cc3)c(=O)n1C2. The first-order chi connectivity index (χ1) is 15.8. The average Bonchev–Trinajstić information content (AvgIpc) is 2.79. The summed E-state index contributed by atoms with van der Waals surface area (Å²) < 4.78 is 42.8. The van der Waals surface area contributed by atoms with Crippen molar-refractivity contribution in [2.24, 2.45) is 5.92 Å². The summed E-state index contributed by atoms with van der Waals surface area (Å²) in [5, 5.41) is 0. The topological polar surface area (TPSA) is 77.3 Å². The number of benzene rings is 1. The van der Waals surface area contributed by atoms with E-state index < -0.39 is 6.36 Å². The minimum atomic E-state index is -4.77. The molecule has 33 heavy (non-hydrogen) atoms. The van der Waals surface area contributed by atoms with Gasteiger partial charge < -0.3 is 14.2 Å². The van der Waals surface area contributed by atoms with Gasteiger partial charge in [0.05, 0.1) is 5.56 Å². The lowest BCUT2D eigenvalue weighted by Crippen LogP contribution is -2.49. The van der Waals surface area contributed by atoms with E-state index >= 15 is 0 Å². The number of likely N-dealkylation sites (tertiary alicyclic amines) is 1. The number of halogens is 3. The maximum Gasteiger partial charge on any atom is 0.573 e. The monoisotopic (exact) mass is 456 g/mol. The van der Waals surface area contributed by atoms with Crippen LogP contribution in [-0.4, -0.2) is 44.8 Å². The first kappa shape index (κ1) is 21.2. The van der Waals surface area contributed by atoms with Crippen molar-refractivity contribution in [1.29, 1.82) is 0 Å². The fourth-order valence-electron chi connectivity index (χ4n) is 4.76. The summed E-state index contributed by atoms with van der Waals surface area (Å²) in [6.07, 6.45) is 0.481. The Hall–Kier alpha value is -3.69. The minimum Gasteiger partial charge on any atom is -0.406 e. The molecule has 2 aliphatic rings. The number of aromatic nitrogens is 3. The molecule has 1 saturated heterocycles. The van der Waals surface area contributed by atoms with Crippen molar-refractivity contribution in [2.75, 3.05) is 13.1 Å². The summed E-state index contributed by atoms with van der Waals surface area (Å²) in [5.74, 6) is -0.318. The number of amides is 1. The molecule has 2 atom stereocenters. The van der Waals surface area contributed by atoms with Crippen LogP contribution in [0.1, 0.15) is 28.4 Å². The molecule has 170 valence electrons. The number of ether oxygens (including phenoxy) is 1. The second-order valence-corrected chi connectivity index (χ2v) is 8.30. The highest BCUT2D eigenvalue weighted by atomic mass is 19.4. The van der Waals surface area contributed by atoms with Crippen LogP contribution in [0.4, 0.5) is 13.2 Å². The molecule has 2 aromatic heterocycles. The Kier molecular flexibility index (Phi) is 5.15. The van der Waals surface area contributed by atoms with Crippen molar-refractivity contribution in [2.45, 2.75) is 25.2 Å². The molecule has 2 bridgehead atoms. The summed E-state index contributed by atoms with van der Waals surface area (Å²) in [4.78, 5) is 35.7. The predicted molar refractivity (Wildman–Crippen MR) is 112 cm³/mol. The molecular weight excluding hydrogens is 437 g/mol. The molecule has 3 aromatic rings. The maximum atomic E-state index is 13.3. The number of carbonyl (C=O) groups is 1. The molecule has 0 N–H and O–H groups in total. The number of hydrogen-bond acceptors (Lipinski definition) is 5. The first-order valence-corrected chi connectivity index (χ1v) is 10.4. The molecule has 0 spiro atoms. The molecule has 0 aliphatic carbocycles. The van der Waals surface area contributed by atoms with Gasteiger partial charge in [0.1, 0.15) is 12.1 Å². The molecule has 4 heterocycles. The third kappa shape index (κ3) is 4.20. The highest BCUT2D eigenvalue weighted by Gasteiger charge is 2.37. The van der Waals surface area contributed by atoms with E-state index in [2.05, 4.69) is 14.7 Å². The number of piperidine rings is 1. The Bertz CT molecular complexity index is 1240. The Labute approximate surface area is 186 Å². The van der Waals surface area contributed by atoms with E-state index in [-0.39, 0.29) is 29.1 Å². The largest absolute Gasteiger partial charge is 0.573 e. The summed E-state index contributed by atoms with van der Waals surface area (Å²) in [5.41, 5.74) is 2.03. The lowest BCUT2D eigenvalue weighted by atomic mass is 9.82. The summed E-state index contributed by atoms with van der Waals surface area (Å²) >= 11 is 0. The van der Waals surface area contributed by atoms with Crippen molar-refractivity contribution in [3.05, 3.63) is 76.7 Å². The second-order valence-electron chi connectivity index (χ2n) is 8.30. The molecule has 2 unspecified atom stereocenters. The Morgan fingerprint density at radius 2 is 1.73 bits per heavy atom. The van der Waals surface area contributed by atoms with Crippen LogP contribution in [0.25, 0.3) is 11.1 Å². The molecule has 1 fully saturated rings. The standard InChI is InChI=1S/C23H19F3N4O3/c24-23(25,26)33-18-3-1-15(2-4-18)19-5-6-20-16-7-14(11-30(20)22(19)32)10-29(12-16)21(31)17-8-27-13-28-9-17/h1-6,8-9,13-14,16H,7,10-12H2. The Morgan fingerprint density at radius 1 is 1.00 bits per heavy atom. The van der Waals surface area contributed by atoms with Gasteiger partial charge in [0, 0.05) is 49.2 Å². The molecule has 7 nitrogen and oxygen atoms in total. The van der Waals surface area contributed by atoms with Crippen LogP contribution in [0.3, 0.4) is 0 Å². The molecule has 0 radical (unpaired) electrons. The van der Waals surface area contributed by atoms with E-state index in [1.165, 1.54) is 43.0 Å². The zero-order valence-electron chi connectivity index (χ0n) is 17.3. The van der Waals surface area contributed by atoms with Gasteiger partial charge in [-0.3, -0.25) is 9.59 Å². The number of alkyl halides is 3. The minimum absolute atomic E-state index is 0.0235. The number of hydrogen-bond donors (Lipinski definition) is 0. The number of fused-ring (bicyclic) bond motifs is 4. The van der Waals surface area contributed by atoms with Crippen LogP contribution in [-0.2, 0) is 6.54 Å². The molecule has 0 saturated carbocycles. The number of rotatable bonds is 3. The molecule has 2 aliphatic heterocycles. The normalized spacial score (nSPS) is 19.7. The van der Waals surface area contributed by atoms with Gasteiger partial charge in [-0.15, -0.1) is 13.2 Å². The van der Waals surface area contributed by atoms with E-state index in [4.69, 9.17) is 0 Å². The van der Waals surface area contributed by atoms with Gasteiger partial charge in [-0.2, -0.15) is 0 Å². The summed E-state index contributed by atoms with van der Waals surface area (Å²) in [6, 6.07) is 8.83. The molecule has 1 aromatic carbocycles.